The van der Waals surface area contributed by atoms with Crippen LogP contribution in [0.2, 0.25) is 0 Å². The molecule has 152 valence electrons. The van der Waals surface area contributed by atoms with E-state index in [9.17, 15) is 14.4 Å². The van der Waals surface area contributed by atoms with Crippen molar-refractivity contribution < 1.29 is 28.6 Å². The van der Waals surface area contributed by atoms with Crippen LogP contribution in [0.1, 0.15) is 50.4 Å². The van der Waals surface area contributed by atoms with Gasteiger partial charge in [0.15, 0.2) is 0 Å². The Labute approximate surface area is 164 Å². The van der Waals surface area contributed by atoms with E-state index in [2.05, 4.69) is 4.90 Å². The van der Waals surface area contributed by atoms with E-state index in [1.54, 1.807) is 38.1 Å². The molecule has 3 rings (SSSR count). The summed E-state index contributed by atoms with van der Waals surface area (Å²) in [6.45, 7) is 4.88. The summed E-state index contributed by atoms with van der Waals surface area (Å²) in [4.78, 5) is 39.1. The minimum absolute atomic E-state index is 0.00786. The number of benzene rings is 1. The monoisotopic (exact) mass is 389 g/mol. The fourth-order valence-corrected chi connectivity index (χ4v) is 4.24. The van der Waals surface area contributed by atoms with Crippen LogP contribution in [0.4, 0.5) is 0 Å². The Hall–Kier alpha value is -2.41. The molecule has 2 heterocycles. The van der Waals surface area contributed by atoms with E-state index in [0.717, 1.165) is 12.8 Å². The predicted octanol–water partition coefficient (Wildman–Crippen LogP) is 2.57. The highest BCUT2D eigenvalue weighted by atomic mass is 16.6. The van der Waals surface area contributed by atoms with Crippen molar-refractivity contribution in [3.8, 4) is 5.75 Å². The SMILES string of the molecule is CC(=O)Oc1ccccc1C(=O)O[C@H]1C[C@@H]2CC[C@H]([C@H]1C(=O)OC(C)C)N2C. The quantitative estimate of drug-likeness (QED) is 0.565. The number of piperidine rings is 1. The summed E-state index contributed by atoms with van der Waals surface area (Å²) < 4.78 is 16.4. The summed E-state index contributed by atoms with van der Waals surface area (Å²) in [6.07, 6.45) is 1.60. The molecule has 4 atom stereocenters. The summed E-state index contributed by atoms with van der Waals surface area (Å²) in [5.41, 5.74) is 0.167. The van der Waals surface area contributed by atoms with Gasteiger partial charge >= 0.3 is 17.9 Å². The number of nitrogens with zero attached hydrogens (tertiary/aromatic N) is 1. The number of hydrogen-bond donors (Lipinski definition) is 0. The van der Waals surface area contributed by atoms with E-state index in [0.29, 0.717) is 6.42 Å². The minimum atomic E-state index is -0.604. The van der Waals surface area contributed by atoms with Crippen molar-refractivity contribution in [2.75, 3.05) is 7.05 Å². The van der Waals surface area contributed by atoms with Gasteiger partial charge in [-0.05, 0) is 45.9 Å². The van der Waals surface area contributed by atoms with Crippen LogP contribution in [-0.2, 0) is 19.1 Å². The Bertz CT molecular complexity index is 761. The van der Waals surface area contributed by atoms with Crippen LogP contribution in [0.25, 0.3) is 0 Å². The first-order valence-electron chi connectivity index (χ1n) is 9.68. The Morgan fingerprint density at radius 2 is 1.86 bits per heavy atom. The first-order valence-corrected chi connectivity index (χ1v) is 9.68. The van der Waals surface area contributed by atoms with Gasteiger partial charge < -0.3 is 14.2 Å². The lowest BCUT2D eigenvalue weighted by Gasteiger charge is -2.41. The topological polar surface area (TPSA) is 82.1 Å². The smallest absolute Gasteiger partial charge is 0.342 e. The lowest BCUT2D eigenvalue weighted by Crippen LogP contribution is -2.54. The summed E-state index contributed by atoms with van der Waals surface area (Å²) in [6, 6.07) is 6.70. The van der Waals surface area contributed by atoms with Gasteiger partial charge in [-0.25, -0.2) is 4.79 Å². The van der Waals surface area contributed by atoms with Gasteiger partial charge in [-0.1, -0.05) is 12.1 Å². The number of carbonyl (C=O) groups is 3. The van der Waals surface area contributed by atoms with Crippen LogP contribution < -0.4 is 4.74 Å². The van der Waals surface area contributed by atoms with E-state index in [1.165, 1.54) is 6.92 Å². The molecule has 0 N–H and O–H groups in total. The molecule has 0 aromatic heterocycles. The zero-order chi connectivity index (χ0) is 20.4. The number of ether oxygens (including phenoxy) is 3. The van der Waals surface area contributed by atoms with Crippen LogP contribution in [0.3, 0.4) is 0 Å². The fraction of sp³-hybridized carbons (Fsp3) is 0.571. The Balaban J connectivity index is 1.82. The average molecular weight is 389 g/mol. The molecule has 1 aromatic rings. The largest absolute Gasteiger partial charge is 0.463 e. The molecule has 0 saturated carbocycles. The summed E-state index contributed by atoms with van der Waals surface area (Å²) in [7, 11) is 2.01. The van der Waals surface area contributed by atoms with Gasteiger partial charge in [-0.3, -0.25) is 14.5 Å². The molecule has 2 bridgehead atoms. The molecule has 2 aliphatic heterocycles. The number of para-hydroxylation sites is 1. The highest BCUT2D eigenvalue weighted by Crippen LogP contribution is 2.40. The maximum absolute atomic E-state index is 12.8. The van der Waals surface area contributed by atoms with Gasteiger partial charge in [0.05, 0.1) is 6.10 Å². The molecule has 7 nitrogen and oxygen atoms in total. The third-order valence-electron chi connectivity index (χ3n) is 5.46. The molecular weight excluding hydrogens is 362 g/mol. The third kappa shape index (κ3) is 4.19. The number of hydrogen-bond acceptors (Lipinski definition) is 7. The fourth-order valence-electron chi connectivity index (χ4n) is 4.24. The molecule has 0 radical (unpaired) electrons. The maximum Gasteiger partial charge on any atom is 0.342 e. The van der Waals surface area contributed by atoms with Gasteiger partial charge in [0.1, 0.15) is 23.3 Å². The van der Waals surface area contributed by atoms with Crippen LogP contribution in [-0.4, -0.2) is 54.1 Å². The van der Waals surface area contributed by atoms with Crippen molar-refractivity contribution in [2.45, 2.75) is 64.3 Å². The molecule has 1 aromatic carbocycles. The van der Waals surface area contributed by atoms with Crippen molar-refractivity contribution in [1.29, 1.82) is 0 Å². The molecule has 0 spiro atoms. The lowest BCUT2D eigenvalue weighted by molar-refractivity contribution is -0.162. The zero-order valence-electron chi connectivity index (χ0n) is 16.7. The van der Waals surface area contributed by atoms with Crippen molar-refractivity contribution >= 4 is 17.9 Å². The molecule has 2 saturated heterocycles. The zero-order valence-corrected chi connectivity index (χ0v) is 16.7. The first kappa shape index (κ1) is 20.3. The second-order valence-corrected chi connectivity index (χ2v) is 7.74. The molecule has 2 fully saturated rings. The Kier molecular flexibility index (Phi) is 6.03. The van der Waals surface area contributed by atoms with Gasteiger partial charge in [0, 0.05) is 25.4 Å². The van der Waals surface area contributed by atoms with E-state index in [4.69, 9.17) is 14.2 Å². The molecule has 0 aliphatic carbocycles. The van der Waals surface area contributed by atoms with Gasteiger partial charge in [0.2, 0.25) is 0 Å². The van der Waals surface area contributed by atoms with Crippen molar-refractivity contribution in [2.24, 2.45) is 5.92 Å². The van der Waals surface area contributed by atoms with Crippen LogP contribution in [0.15, 0.2) is 24.3 Å². The lowest BCUT2D eigenvalue weighted by atomic mass is 9.87. The Morgan fingerprint density at radius 1 is 1.14 bits per heavy atom. The number of fused-ring (bicyclic) bond motifs is 2. The van der Waals surface area contributed by atoms with Crippen molar-refractivity contribution in [3.63, 3.8) is 0 Å². The van der Waals surface area contributed by atoms with Crippen LogP contribution in [0.5, 0.6) is 5.75 Å². The first-order chi connectivity index (χ1) is 13.3. The van der Waals surface area contributed by atoms with E-state index in [-0.39, 0.29) is 35.5 Å². The van der Waals surface area contributed by atoms with Crippen LogP contribution in [0, 0.1) is 5.92 Å². The average Bonchev–Trinajstić information content (AvgIpc) is 2.85. The number of esters is 3. The normalized spacial score (nSPS) is 26.8. The second kappa shape index (κ2) is 8.31. The molecule has 7 heteroatoms. The summed E-state index contributed by atoms with van der Waals surface area (Å²) in [5.74, 6) is -1.84. The van der Waals surface area contributed by atoms with Gasteiger partial charge in [-0.15, -0.1) is 0 Å². The maximum atomic E-state index is 12.8. The Morgan fingerprint density at radius 3 is 2.54 bits per heavy atom. The molecule has 2 aliphatic rings. The van der Waals surface area contributed by atoms with Crippen molar-refractivity contribution in [1.82, 2.24) is 4.90 Å². The molecule has 0 amide bonds. The summed E-state index contributed by atoms with van der Waals surface area (Å²) >= 11 is 0. The predicted molar refractivity (Wildman–Crippen MR) is 101 cm³/mol. The molecule has 28 heavy (non-hydrogen) atoms. The van der Waals surface area contributed by atoms with E-state index in [1.807, 2.05) is 7.05 Å². The summed E-state index contributed by atoms with van der Waals surface area (Å²) in [5, 5.41) is 0. The van der Waals surface area contributed by atoms with Crippen molar-refractivity contribution in [3.05, 3.63) is 29.8 Å². The van der Waals surface area contributed by atoms with E-state index >= 15 is 0 Å². The molecular formula is C21H27NO6. The highest BCUT2D eigenvalue weighted by molar-refractivity contribution is 5.93. The third-order valence-corrected chi connectivity index (χ3v) is 5.46. The second-order valence-electron chi connectivity index (χ2n) is 7.74. The van der Waals surface area contributed by atoms with Gasteiger partial charge in [0.25, 0.3) is 0 Å². The standard InChI is InChI=1S/C21H27NO6/c1-12(2)26-21(25)19-16-10-9-14(22(16)4)11-18(19)28-20(24)15-7-5-6-8-17(15)27-13(3)23/h5-8,12,14,16,18-19H,9-11H2,1-4H3/t14-,16+,18-,19+/m0/s1. The number of carbonyl (C=O) groups excluding carboxylic acids is 3. The molecule has 0 unspecified atom stereocenters. The van der Waals surface area contributed by atoms with Gasteiger partial charge in [-0.2, -0.15) is 0 Å². The minimum Gasteiger partial charge on any atom is -0.463 e. The highest BCUT2D eigenvalue weighted by Gasteiger charge is 2.51. The number of rotatable bonds is 5. The van der Waals surface area contributed by atoms with E-state index < -0.39 is 24.0 Å². The van der Waals surface area contributed by atoms with Crippen LogP contribution >= 0.6 is 0 Å².